The van der Waals surface area contributed by atoms with E-state index in [1.54, 1.807) is 0 Å². The molecule has 3 nitrogen and oxygen atoms in total. The summed E-state index contributed by atoms with van der Waals surface area (Å²) in [5.74, 6) is 0.166. The minimum atomic E-state index is -0.568. The quantitative estimate of drug-likeness (QED) is 0.849. The average molecular weight is 269 g/mol. The van der Waals surface area contributed by atoms with Crippen molar-refractivity contribution in [1.29, 1.82) is 0 Å². The van der Waals surface area contributed by atoms with Crippen LogP contribution in [0.1, 0.15) is 38.2 Å². The standard InChI is InChI=1S/C17H19NO2/c1-10(2)11-7-15(19)17(16(20)8-11)13-9-18-14-6-4-3-5-12(13)14/h3-6,9-11,17-18H,7-8H2,1-2H3. The number of rotatable bonds is 2. The third kappa shape index (κ3) is 2.07. The molecule has 0 amide bonds. The Hall–Kier alpha value is -1.90. The topological polar surface area (TPSA) is 49.9 Å². The van der Waals surface area contributed by atoms with Gasteiger partial charge in [-0.2, -0.15) is 0 Å². The van der Waals surface area contributed by atoms with Gasteiger partial charge in [0.1, 0.15) is 17.5 Å². The van der Waals surface area contributed by atoms with E-state index in [4.69, 9.17) is 0 Å². The highest BCUT2D eigenvalue weighted by atomic mass is 16.2. The first kappa shape index (κ1) is 13.1. The predicted molar refractivity (Wildman–Crippen MR) is 78.6 cm³/mol. The number of hydrogen-bond donors (Lipinski definition) is 1. The van der Waals surface area contributed by atoms with Gasteiger partial charge in [-0.05, 0) is 23.5 Å². The third-order valence-electron chi connectivity index (χ3n) is 4.45. The predicted octanol–water partition coefficient (Wildman–Crippen LogP) is 3.46. The number of aromatic nitrogens is 1. The number of para-hydroxylation sites is 1. The van der Waals surface area contributed by atoms with E-state index in [2.05, 4.69) is 18.8 Å². The second-order valence-electron chi connectivity index (χ2n) is 6.07. The summed E-state index contributed by atoms with van der Waals surface area (Å²) in [6, 6.07) is 7.82. The number of aromatic amines is 1. The van der Waals surface area contributed by atoms with Crippen molar-refractivity contribution in [2.45, 2.75) is 32.6 Å². The monoisotopic (exact) mass is 269 g/mol. The second kappa shape index (κ2) is 4.89. The molecule has 0 unspecified atom stereocenters. The second-order valence-corrected chi connectivity index (χ2v) is 6.07. The van der Waals surface area contributed by atoms with Crippen molar-refractivity contribution in [3.05, 3.63) is 36.0 Å². The molecule has 3 rings (SSSR count). The molecule has 0 saturated heterocycles. The van der Waals surface area contributed by atoms with Gasteiger partial charge in [-0.3, -0.25) is 9.59 Å². The zero-order valence-corrected chi connectivity index (χ0v) is 11.8. The highest BCUT2D eigenvalue weighted by Crippen LogP contribution is 2.36. The molecular formula is C17H19NO2. The summed E-state index contributed by atoms with van der Waals surface area (Å²) in [5.41, 5.74) is 1.83. The maximum absolute atomic E-state index is 12.4. The van der Waals surface area contributed by atoms with E-state index >= 15 is 0 Å². The van der Waals surface area contributed by atoms with E-state index in [1.165, 1.54) is 0 Å². The van der Waals surface area contributed by atoms with Crippen LogP contribution in [0.15, 0.2) is 30.5 Å². The fourth-order valence-electron chi connectivity index (χ4n) is 3.16. The highest BCUT2D eigenvalue weighted by Gasteiger charge is 2.38. The average Bonchev–Trinajstić information content (AvgIpc) is 2.82. The van der Waals surface area contributed by atoms with Gasteiger partial charge in [-0.25, -0.2) is 0 Å². The number of ketones is 2. The smallest absolute Gasteiger partial charge is 0.148 e. The van der Waals surface area contributed by atoms with Gasteiger partial charge < -0.3 is 4.98 Å². The molecule has 1 N–H and O–H groups in total. The van der Waals surface area contributed by atoms with Crippen LogP contribution in [0.3, 0.4) is 0 Å². The maximum Gasteiger partial charge on any atom is 0.148 e. The maximum atomic E-state index is 12.4. The number of benzene rings is 1. The van der Waals surface area contributed by atoms with Gasteiger partial charge in [0.15, 0.2) is 0 Å². The molecule has 1 aliphatic rings. The van der Waals surface area contributed by atoms with Crippen molar-refractivity contribution in [2.24, 2.45) is 11.8 Å². The van der Waals surface area contributed by atoms with Crippen molar-refractivity contribution in [3.63, 3.8) is 0 Å². The number of carbonyl (C=O) groups excluding carboxylic acids is 2. The van der Waals surface area contributed by atoms with Crippen LogP contribution >= 0.6 is 0 Å². The minimum absolute atomic E-state index is 0.0738. The Labute approximate surface area is 118 Å². The molecule has 0 atom stereocenters. The molecule has 1 saturated carbocycles. The molecule has 2 aromatic rings. The first-order valence-corrected chi connectivity index (χ1v) is 7.19. The lowest BCUT2D eigenvalue weighted by atomic mass is 9.73. The van der Waals surface area contributed by atoms with Crippen molar-refractivity contribution in [3.8, 4) is 0 Å². The Bertz CT molecular complexity index is 650. The molecule has 20 heavy (non-hydrogen) atoms. The molecule has 0 bridgehead atoms. The number of fused-ring (bicyclic) bond motifs is 1. The minimum Gasteiger partial charge on any atom is -0.361 e. The first-order valence-electron chi connectivity index (χ1n) is 7.19. The van der Waals surface area contributed by atoms with Gasteiger partial charge in [-0.15, -0.1) is 0 Å². The zero-order chi connectivity index (χ0) is 14.3. The fraction of sp³-hybridized carbons (Fsp3) is 0.412. The van der Waals surface area contributed by atoms with Crippen molar-refractivity contribution >= 4 is 22.5 Å². The van der Waals surface area contributed by atoms with Crippen molar-refractivity contribution < 1.29 is 9.59 Å². The van der Waals surface area contributed by atoms with Crippen LogP contribution in [0.2, 0.25) is 0 Å². The van der Waals surface area contributed by atoms with Crippen LogP contribution in [0, 0.1) is 11.8 Å². The van der Waals surface area contributed by atoms with Gasteiger partial charge in [0, 0.05) is 29.9 Å². The van der Waals surface area contributed by atoms with E-state index in [0.29, 0.717) is 18.8 Å². The van der Waals surface area contributed by atoms with Crippen molar-refractivity contribution in [1.82, 2.24) is 4.98 Å². The normalized spacial score (nSPS) is 23.8. The van der Waals surface area contributed by atoms with E-state index in [1.807, 2.05) is 30.5 Å². The molecule has 1 aliphatic carbocycles. The summed E-state index contributed by atoms with van der Waals surface area (Å²) < 4.78 is 0. The lowest BCUT2D eigenvalue weighted by Gasteiger charge is -2.28. The van der Waals surface area contributed by atoms with Gasteiger partial charge in [0.2, 0.25) is 0 Å². The molecule has 1 aromatic carbocycles. The number of nitrogens with one attached hydrogen (secondary N) is 1. The third-order valence-corrected chi connectivity index (χ3v) is 4.45. The Morgan fingerprint density at radius 3 is 2.40 bits per heavy atom. The number of Topliss-reactive ketones (excluding diaryl/α,β-unsaturated/α-hetero) is 2. The molecule has 104 valence electrons. The van der Waals surface area contributed by atoms with Gasteiger partial charge in [0.25, 0.3) is 0 Å². The molecule has 1 heterocycles. The molecule has 0 aliphatic heterocycles. The van der Waals surface area contributed by atoms with Crippen LogP contribution in [-0.4, -0.2) is 16.6 Å². The summed E-state index contributed by atoms with van der Waals surface area (Å²) in [6.45, 7) is 4.16. The Morgan fingerprint density at radius 2 is 1.75 bits per heavy atom. The van der Waals surface area contributed by atoms with E-state index < -0.39 is 5.92 Å². The largest absolute Gasteiger partial charge is 0.361 e. The molecular weight excluding hydrogens is 250 g/mol. The molecule has 1 aromatic heterocycles. The fourth-order valence-corrected chi connectivity index (χ4v) is 3.16. The van der Waals surface area contributed by atoms with Crippen LogP contribution in [-0.2, 0) is 9.59 Å². The van der Waals surface area contributed by atoms with Gasteiger partial charge >= 0.3 is 0 Å². The summed E-state index contributed by atoms with van der Waals surface area (Å²) in [4.78, 5) is 28.0. The molecule has 3 heteroatoms. The molecule has 0 radical (unpaired) electrons. The van der Waals surface area contributed by atoms with E-state index in [0.717, 1.165) is 16.5 Å². The van der Waals surface area contributed by atoms with Crippen LogP contribution in [0.5, 0.6) is 0 Å². The zero-order valence-electron chi connectivity index (χ0n) is 11.8. The Kier molecular flexibility index (Phi) is 3.20. The van der Waals surface area contributed by atoms with Gasteiger partial charge in [-0.1, -0.05) is 32.0 Å². The molecule has 0 spiro atoms. The Morgan fingerprint density at radius 1 is 1.10 bits per heavy atom. The first-order chi connectivity index (χ1) is 9.58. The van der Waals surface area contributed by atoms with Crippen LogP contribution in [0.4, 0.5) is 0 Å². The summed E-state index contributed by atoms with van der Waals surface area (Å²) in [5, 5.41) is 0.988. The van der Waals surface area contributed by atoms with Crippen LogP contribution in [0.25, 0.3) is 10.9 Å². The SMILES string of the molecule is CC(C)C1CC(=O)C(c2c[nH]c3ccccc23)C(=O)C1. The van der Waals surface area contributed by atoms with Crippen molar-refractivity contribution in [2.75, 3.05) is 0 Å². The lowest BCUT2D eigenvalue weighted by molar-refractivity contribution is -0.134. The lowest BCUT2D eigenvalue weighted by Crippen LogP contribution is -2.33. The van der Waals surface area contributed by atoms with Crippen LogP contribution < -0.4 is 0 Å². The summed E-state index contributed by atoms with van der Waals surface area (Å²) in [7, 11) is 0. The summed E-state index contributed by atoms with van der Waals surface area (Å²) >= 11 is 0. The van der Waals surface area contributed by atoms with E-state index in [9.17, 15) is 9.59 Å². The Balaban J connectivity index is 1.98. The number of hydrogen-bond acceptors (Lipinski definition) is 2. The van der Waals surface area contributed by atoms with Gasteiger partial charge in [0.05, 0.1) is 0 Å². The highest BCUT2D eigenvalue weighted by molar-refractivity contribution is 6.12. The molecule has 1 fully saturated rings. The number of carbonyl (C=O) groups is 2. The van der Waals surface area contributed by atoms with E-state index in [-0.39, 0.29) is 17.5 Å². The number of H-pyrrole nitrogens is 1. The summed E-state index contributed by atoms with van der Waals surface area (Å²) in [6.07, 6.45) is 2.86.